The zero-order valence-corrected chi connectivity index (χ0v) is 6.14. The van der Waals surface area contributed by atoms with Gasteiger partial charge in [0.15, 0.2) is 0 Å². The van der Waals surface area contributed by atoms with E-state index in [0.29, 0.717) is 16.9 Å². The number of benzene rings is 1. The number of rotatable bonds is 2. The Morgan fingerprint density at radius 2 is 2.00 bits per heavy atom. The van der Waals surface area contributed by atoms with E-state index in [2.05, 4.69) is 0 Å². The molecule has 0 fully saturated rings. The summed E-state index contributed by atoms with van der Waals surface area (Å²) < 4.78 is 8.66. The van der Waals surface area contributed by atoms with Crippen LogP contribution >= 0.6 is 12.0 Å². The van der Waals surface area contributed by atoms with Crippen LogP contribution < -0.4 is 0 Å². The molecule has 0 unspecified atom stereocenters. The average Bonchev–Trinajstić information content (AvgIpc) is 2.04. The van der Waals surface area contributed by atoms with Crippen LogP contribution in [-0.4, -0.2) is 9.66 Å². The lowest BCUT2D eigenvalue weighted by atomic mass is 10.2. The van der Waals surface area contributed by atoms with Crippen LogP contribution in [0.1, 0.15) is 5.56 Å². The van der Waals surface area contributed by atoms with Gasteiger partial charge in [-0.05, 0) is 11.6 Å². The lowest BCUT2D eigenvalue weighted by molar-refractivity contribution is 0.278. The highest BCUT2D eigenvalue weighted by Gasteiger charge is 1.97. The standard InChI is InChI=1S/C7H8O2S/c8-5-6-3-1-2-4-7(6)10-9/h1-4,8-9H,5H2. The molecule has 0 aromatic heterocycles. The van der Waals surface area contributed by atoms with Crippen LogP contribution in [0.15, 0.2) is 29.2 Å². The van der Waals surface area contributed by atoms with E-state index in [1.165, 1.54) is 0 Å². The van der Waals surface area contributed by atoms with E-state index in [9.17, 15) is 0 Å². The normalized spacial score (nSPS) is 9.80. The van der Waals surface area contributed by atoms with Gasteiger partial charge < -0.3 is 9.66 Å². The van der Waals surface area contributed by atoms with E-state index < -0.39 is 0 Å². The summed E-state index contributed by atoms with van der Waals surface area (Å²) in [6.45, 7) is -0.0241. The fraction of sp³-hybridized carbons (Fsp3) is 0.143. The molecule has 0 radical (unpaired) electrons. The molecule has 0 heterocycles. The van der Waals surface area contributed by atoms with Gasteiger partial charge in [-0.3, -0.25) is 0 Å². The molecule has 2 N–H and O–H groups in total. The topological polar surface area (TPSA) is 40.5 Å². The fourth-order valence-electron chi connectivity index (χ4n) is 0.724. The van der Waals surface area contributed by atoms with Crippen LogP contribution in [0.2, 0.25) is 0 Å². The number of aliphatic hydroxyl groups excluding tert-OH is 1. The van der Waals surface area contributed by atoms with E-state index >= 15 is 0 Å². The lowest BCUT2D eigenvalue weighted by Gasteiger charge is -1.99. The Balaban J connectivity index is 2.96. The van der Waals surface area contributed by atoms with E-state index in [4.69, 9.17) is 9.66 Å². The molecule has 0 aliphatic rings. The van der Waals surface area contributed by atoms with Crippen LogP contribution in [0.25, 0.3) is 0 Å². The minimum Gasteiger partial charge on any atom is -0.392 e. The van der Waals surface area contributed by atoms with Gasteiger partial charge in [-0.15, -0.1) is 0 Å². The predicted octanol–water partition coefficient (Wildman–Crippen LogP) is 1.74. The highest BCUT2D eigenvalue weighted by Crippen LogP contribution is 2.18. The van der Waals surface area contributed by atoms with Crippen molar-refractivity contribution in [3.63, 3.8) is 0 Å². The quantitative estimate of drug-likeness (QED) is 0.641. The van der Waals surface area contributed by atoms with Crippen molar-refractivity contribution < 1.29 is 9.66 Å². The number of hydrogen-bond donors (Lipinski definition) is 2. The second-order valence-corrected chi connectivity index (χ2v) is 2.48. The summed E-state index contributed by atoms with van der Waals surface area (Å²) in [6, 6.07) is 7.18. The molecule has 1 aromatic carbocycles. The van der Waals surface area contributed by atoms with Crippen molar-refractivity contribution in [1.82, 2.24) is 0 Å². The summed E-state index contributed by atoms with van der Waals surface area (Å²) in [4.78, 5) is 0.713. The summed E-state index contributed by atoms with van der Waals surface area (Å²) in [6.07, 6.45) is 0. The Morgan fingerprint density at radius 3 is 2.50 bits per heavy atom. The molecular formula is C7H8O2S. The molecule has 0 saturated carbocycles. The van der Waals surface area contributed by atoms with Gasteiger partial charge in [0.2, 0.25) is 0 Å². The molecule has 2 nitrogen and oxygen atoms in total. The van der Waals surface area contributed by atoms with Crippen molar-refractivity contribution in [3.8, 4) is 0 Å². The summed E-state index contributed by atoms with van der Waals surface area (Å²) >= 11 is 0.660. The van der Waals surface area contributed by atoms with Crippen molar-refractivity contribution >= 4 is 12.0 Å². The van der Waals surface area contributed by atoms with Crippen LogP contribution in [-0.2, 0) is 6.61 Å². The first kappa shape index (κ1) is 7.60. The van der Waals surface area contributed by atoms with Crippen molar-refractivity contribution in [2.24, 2.45) is 0 Å². The molecule has 1 aromatic rings. The summed E-state index contributed by atoms with van der Waals surface area (Å²) in [7, 11) is 0. The van der Waals surface area contributed by atoms with Gasteiger partial charge in [0, 0.05) is 16.9 Å². The second-order valence-electron chi connectivity index (χ2n) is 1.86. The minimum absolute atomic E-state index is 0.0241. The summed E-state index contributed by atoms with van der Waals surface area (Å²) in [5, 5.41) is 8.73. The van der Waals surface area contributed by atoms with Gasteiger partial charge >= 0.3 is 0 Å². The van der Waals surface area contributed by atoms with Crippen molar-refractivity contribution in [3.05, 3.63) is 29.8 Å². The molecule has 0 amide bonds. The van der Waals surface area contributed by atoms with E-state index in [1.807, 2.05) is 12.1 Å². The Labute approximate surface area is 63.7 Å². The third-order valence-corrected chi connectivity index (χ3v) is 1.84. The third-order valence-electron chi connectivity index (χ3n) is 1.24. The average molecular weight is 156 g/mol. The molecule has 0 spiro atoms. The molecule has 3 heteroatoms. The highest BCUT2D eigenvalue weighted by molar-refractivity contribution is 7.93. The fourth-order valence-corrected chi connectivity index (χ4v) is 1.11. The smallest absolute Gasteiger partial charge is 0.0693 e. The van der Waals surface area contributed by atoms with Gasteiger partial charge in [0.1, 0.15) is 0 Å². The van der Waals surface area contributed by atoms with Crippen LogP contribution in [0.4, 0.5) is 0 Å². The summed E-state index contributed by atoms with van der Waals surface area (Å²) in [5.74, 6) is 0. The van der Waals surface area contributed by atoms with Gasteiger partial charge in [-0.1, -0.05) is 18.2 Å². The van der Waals surface area contributed by atoms with Crippen LogP contribution in [0.5, 0.6) is 0 Å². The first-order valence-electron chi connectivity index (χ1n) is 2.88. The minimum atomic E-state index is -0.0241. The maximum atomic E-state index is 8.73. The van der Waals surface area contributed by atoms with Gasteiger partial charge in [0.25, 0.3) is 0 Å². The molecule has 0 atom stereocenters. The molecular weight excluding hydrogens is 148 g/mol. The Kier molecular flexibility index (Phi) is 2.74. The third kappa shape index (κ3) is 1.50. The largest absolute Gasteiger partial charge is 0.392 e. The maximum absolute atomic E-state index is 8.73. The predicted molar refractivity (Wildman–Crippen MR) is 40.9 cm³/mol. The zero-order chi connectivity index (χ0) is 7.40. The second kappa shape index (κ2) is 3.61. The molecule has 54 valence electrons. The molecule has 1 rings (SSSR count). The van der Waals surface area contributed by atoms with E-state index in [-0.39, 0.29) is 6.61 Å². The zero-order valence-electron chi connectivity index (χ0n) is 5.32. The lowest BCUT2D eigenvalue weighted by Crippen LogP contribution is -1.84. The van der Waals surface area contributed by atoms with Gasteiger partial charge in [0.05, 0.1) is 6.61 Å². The SMILES string of the molecule is OCc1ccccc1SO. The summed E-state index contributed by atoms with van der Waals surface area (Å²) in [5.41, 5.74) is 0.759. The maximum Gasteiger partial charge on any atom is 0.0693 e. The van der Waals surface area contributed by atoms with Crippen molar-refractivity contribution in [2.75, 3.05) is 0 Å². The monoisotopic (exact) mass is 156 g/mol. The molecule has 0 saturated heterocycles. The number of aliphatic hydroxyl groups is 1. The van der Waals surface area contributed by atoms with Gasteiger partial charge in [-0.25, -0.2) is 0 Å². The highest BCUT2D eigenvalue weighted by atomic mass is 32.2. The Hall–Kier alpha value is -0.510. The molecule has 0 aliphatic carbocycles. The Morgan fingerprint density at radius 1 is 1.30 bits per heavy atom. The van der Waals surface area contributed by atoms with Crippen molar-refractivity contribution in [2.45, 2.75) is 11.5 Å². The molecule has 0 aliphatic heterocycles. The first-order valence-corrected chi connectivity index (χ1v) is 3.66. The van der Waals surface area contributed by atoms with E-state index in [1.54, 1.807) is 12.1 Å². The molecule has 10 heavy (non-hydrogen) atoms. The van der Waals surface area contributed by atoms with Gasteiger partial charge in [-0.2, -0.15) is 0 Å². The van der Waals surface area contributed by atoms with Crippen molar-refractivity contribution in [1.29, 1.82) is 0 Å². The van der Waals surface area contributed by atoms with Crippen LogP contribution in [0.3, 0.4) is 0 Å². The van der Waals surface area contributed by atoms with Crippen LogP contribution in [0, 0.1) is 0 Å². The molecule has 0 bridgehead atoms. The Bertz CT molecular complexity index is 190. The number of hydrogen-bond acceptors (Lipinski definition) is 3. The van der Waals surface area contributed by atoms with E-state index in [0.717, 1.165) is 5.56 Å². The first-order chi connectivity index (χ1) is 4.88.